The van der Waals surface area contributed by atoms with Gasteiger partial charge in [0.15, 0.2) is 0 Å². The molecule has 1 aromatic carbocycles. The van der Waals surface area contributed by atoms with E-state index in [0.717, 1.165) is 19.0 Å². The van der Waals surface area contributed by atoms with Crippen LogP contribution in [0, 0.1) is 0 Å². The Kier molecular flexibility index (Phi) is 5.98. The Morgan fingerprint density at radius 3 is 2.57 bits per heavy atom. The zero-order chi connectivity index (χ0) is 16.0. The quantitative estimate of drug-likeness (QED) is 0.596. The molecule has 0 spiro atoms. The summed E-state index contributed by atoms with van der Waals surface area (Å²) in [7, 11) is 3.89. The molecule has 0 radical (unpaired) electrons. The fourth-order valence-corrected chi connectivity index (χ4v) is 1.72. The molecule has 116 valence electrons. The number of aromatic carboxylic acids is 1. The largest absolute Gasteiger partial charge is 0.508 e. The molecule has 0 aromatic heterocycles. The SMILES string of the molecule is CC(CCN(C)C)NC(=O)Nc1ccc(O)cc1C(=O)O. The molecule has 0 aliphatic rings. The highest BCUT2D eigenvalue weighted by atomic mass is 16.4. The summed E-state index contributed by atoms with van der Waals surface area (Å²) in [6.45, 7) is 2.71. The number of phenols is 1. The first kappa shape index (κ1) is 16.8. The lowest BCUT2D eigenvalue weighted by atomic mass is 10.1. The van der Waals surface area contributed by atoms with Crippen molar-refractivity contribution in [3.05, 3.63) is 23.8 Å². The molecule has 1 rings (SSSR count). The van der Waals surface area contributed by atoms with Gasteiger partial charge in [0.25, 0.3) is 0 Å². The molecule has 7 heteroatoms. The number of carboxylic acids is 1. The highest BCUT2D eigenvalue weighted by molar-refractivity contribution is 6.00. The first-order chi connectivity index (χ1) is 9.79. The van der Waals surface area contributed by atoms with Crippen molar-refractivity contribution >= 4 is 17.7 Å². The van der Waals surface area contributed by atoms with Crippen molar-refractivity contribution in [3.8, 4) is 5.75 Å². The van der Waals surface area contributed by atoms with Crippen LogP contribution in [0.15, 0.2) is 18.2 Å². The summed E-state index contributed by atoms with van der Waals surface area (Å²) in [5.74, 6) is -1.39. The van der Waals surface area contributed by atoms with Crippen molar-refractivity contribution in [1.82, 2.24) is 10.2 Å². The molecule has 0 bridgehead atoms. The van der Waals surface area contributed by atoms with Crippen LogP contribution in [0.5, 0.6) is 5.75 Å². The van der Waals surface area contributed by atoms with Gasteiger partial charge in [-0.2, -0.15) is 0 Å². The molecule has 1 aromatic rings. The Morgan fingerprint density at radius 2 is 2.00 bits per heavy atom. The number of hydrogen-bond acceptors (Lipinski definition) is 4. The molecule has 4 N–H and O–H groups in total. The maximum absolute atomic E-state index is 11.8. The maximum atomic E-state index is 11.8. The zero-order valence-electron chi connectivity index (χ0n) is 12.4. The number of carboxylic acid groups (broad SMARTS) is 1. The van der Waals surface area contributed by atoms with Crippen molar-refractivity contribution in [2.24, 2.45) is 0 Å². The van der Waals surface area contributed by atoms with E-state index in [0.29, 0.717) is 0 Å². The van der Waals surface area contributed by atoms with E-state index < -0.39 is 12.0 Å². The highest BCUT2D eigenvalue weighted by Gasteiger charge is 2.14. The van der Waals surface area contributed by atoms with Crippen LogP contribution in [-0.2, 0) is 0 Å². The average Bonchev–Trinajstić information content (AvgIpc) is 2.38. The molecule has 0 aliphatic heterocycles. The molecule has 21 heavy (non-hydrogen) atoms. The van der Waals surface area contributed by atoms with Crippen LogP contribution in [0.4, 0.5) is 10.5 Å². The van der Waals surface area contributed by atoms with Gasteiger partial charge in [0.05, 0.1) is 11.3 Å². The lowest BCUT2D eigenvalue weighted by molar-refractivity contribution is 0.0697. The van der Waals surface area contributed by atoms with Crippen LogP contribution < -0.4 is 10.6 Å². The number of phenolic OH excluding ortho intramolecular Hbond substituents is 1. The normalized spacial score (nSPS) is 12.0. The number of rotatable bonds is 6. The van der Waals surface area contributed by atoms with Crippen LogP contribution in [0.2, 0.25) is 0 Å². The first-order valence-electron chi connectivity index (χ1n) is 6.58. The van der Waals surface area contributed by atoms with Gasteiger partial charge in [0.1, 0.15) is 5.75 Å². The van der Waals surface area contributed by atoms with Crippen molar-refractivity contribution < 1.29 is 19.8 Å². The second-order valence-electron chi connectivity index (χ2n) is 5.13. The van der Waals surface area contributed by atoms with E-state index >= 15 is 0 Å². The van der Waals surface area contributed by atoms with E-state index in [-0.39, 0.29) is 23.0 Å². The number of nitrogens with one attached hydrogen (secondary N) is 2. The van der Waals surface area contributed by atoms with Gasteiger partial charge in [-0.05, 0) is 52.2 Å². The van der Waals surface area contributed by atoms with Crippen LogP contribution in [0.25, 0.3) is 0 Å². The van der Waals surface area contributed by atoms with Gasteiger partial charge in [0, 0.05) is 6.04 Å². The number of carbonyl (C=O) groups excluding carboxylic acids is 1. The Labute approximate surface area is 123 Å². The number of carbonyl (C=O) groups is 2. The Balaban J connectivity index is 2.65. The molecule has 2 amide bonds. The third kappa shape index (κ3) is 5.70. The predicted octanol–water partition coefficient (Wildman–Crippen LogP) is 1.55. The number of urea groups is 1. The summed E-state index contributed by atoms with van der Waals surface area (Å²) in [4.78, 5) is 24.9. The van der Waals surface area contributed by atoms with E-state index in [4.69, 9.17) is 5.11 Å². The number of aromatic hydroxyl groups is 1. The first-order valence-corrected chi connectivity index (χ1v) is 6.58. The minimum Gasteiger partial charge on any atom is -0.508 e. The van der Waals surface area contributed by atoms with E-state index in [2.05, 4.69) is 10.6 Å². The summed E-state index contributed by atoms with van der Waals surface area (Å²) in [5.41, 5.74) is -0.0243. The number of amides is 2. The molecule has 0 saturated heterocycles. The molecule has 1 unspecified atom stereocenters. The lowest BCUT2D eigenvalue weighted by Gasteiger charge is -2.17. The third-order valence-corrected chi connectivity index (χ3v) is 2.87. The minimum absolute atomic E-state index is 0.0437. The van der Waals surface area contributed by atoms with Gasteiger partial charge >= 0.3 is 12.0 Å². The predicted molar refractivity (Wildman–Crippen MR) is 79.9 cm³/mol. The summed E-state index contributed by atoms with van der Waals surface area (Å²) >= 11 is 0. The van der Waals surface area contributed by atoms with Crippen molar-refractivity contribution in [3.63, 3.8) is 0 Å². The van der Waals surface area contributed by atoms with Crippen LogP contribution in [0.3, 0.4) is 0 Å². The van der Waals surface area contributed by atoms with E-state index in [1.165, 1.54) is 12.1 Å². The zero-order valence-corrected chi connectivity index (χ0v) is 12.4. The van der Waals surface area contributed by atoms with Gasteiger partial charge in [-0.25, -0.2) is 9.59 Å². The van der Waals surface area contributed by atoms with Gasteiger partial charge in [0.2, 0.25) is 0 Å². The lowest BCUT2D eigenvalue weighted by Crippen LogP contribution is -2.38. The third-order valence-electron chi connectivity index (χ3n) is 2.87. The fourth-order valence-electron chi connectivity index (χ4n) is 1.72. The molecule has 0 fully saturated rings. The van der Waals surface area contributed by atoms with Gasteiger partial charge < -0.3 is 25.7 Å². The molecular formula is C14H21N3O4. The molecular weight excluding hydrogens is 274 g/mol. The molecule has 1 atom stereocenters. The van der Waals surface area contributed by atoms with Crippen molar-refractivity contribution in [2.75, 3.05) is 26.0 Å². The average molecular weight is 295 g/mol. The maximum Gasteiger partial charge on any atom is 0.337 e. The smallest absolute Gasteiger partial charge is 0.337 e. The summed E-state index contributed by atoms with van der Waals surface area (Å²) < 4.78 is 0. The number of hydrogen-bond donors (Lipinski definition) is 4. The minimum atomic E-state index is -1.22. The summed E-state index contributed by atoms with van der Waals surface area (Å²) in [5, 5.41) is 23.5. The Bertz CT molecular complexity index is 517. The summed E-state index contributed by atoms with van der Waals surface area (Å²) in [6.07, 6.45) is 0.780. The van der Waals surface area contributed by atoms with Gasteiger partial charge in [-0.1, -0.05) is 0 Å². The Morgan fingerprint density at radius 1 is 1.33 bits per heavy atom. The second-order valence-corrected chi connectivity index (χ2v) is 5.13. The van der Waals surface area contributed by atoms with Crippen molar-refractivity contribution in [1.29, 1.82) is 0 Å². The highest BCUT2D eigenvalue weighted by Crippen LogP contribution is 2.21. The van der Waals surface area contributed by atoms with Crippen molar-refractivity contribution in [2.45, 2.75) is 19.4 Å². The Hall–Kier alpha value is -2.28. The monoisotopic (exact) mass is 295 g/mol. The molecule has 0 saturated carbocycles. The molecule has 0 aliphatic carbocycles. The summed E-state index contributed by atoms with van der Waals surface area (Å²) in [6, 6.07) is 3.24. The fraction of sp³-hybridized carbons (Fsp3) is 0.429. The standard InChI is InChI=1S/C14H21N3O4/c1-9(6-7-17(2)3)15-14(21)16-12-5-4-10(18)8-11(12)13(19)20/h4-5,8-9,18H,6-7H2,1-3H3,(H,19,20)(H2,15,16,21). The van der Waals surface area contributed by atoms with E-state index in [1.54, 1.807) is 0 Å². The van der Waals surface area contributed by atoms with E-state index in [1.807, 2.05) is 25.9 Å². The molecule has 7 nitrogen and oxygen atoms in total. The molecule has 0 heterocycles. The van der Waals surface area contributed by atoms with E-state index in [9.17, 15) is 14.7 Å². The number of anilines is 1. The topological polar surface area (TPSA) is 102 Å². The van der Waals surface area contributed by atoms with Crippen LogP contribution >= 0.6 is 0 Å². The van der Waals surface area contributed by atoms with Gasteiger partial charge in [-0.3, -0.25) is 0 Å². The van der Waals surface area contributed by atoms with Gasteiger partial charge in [-0.15, -0.1) is 0 Å². The number of nitrogens with zero attached hydrogens (tertiary/aromatic N) is 1. The van der Waals surface area contributed by atoms with Crippen LogP contribution in [-0.4, -0.2) is 53.8 Å². The van der Waals surface area contributed by atoms with Crippen LogP contribution in [0.1, 0.15) is 23.7 Å². The number of benzene rings is 1. The second kappa shape index (κ2) is 7.49.